The monoisotopic (exact) mass is 387 g/mol. The minimum Gasteiger partial charge on any atom is -0.456 e. The average Bonchev–Trinajstić information content (AvgIpc) is 2.60. The van der Waals surface area contributed by atoms with E-state index >= 15 is 0 Å². The molecule has 0 aliphatic carbocycles. The fourth-order valence-corrected chi connectivity index (χ4v) is 3.58. The highest BCUT2D eigenvalue weighted by molar-refractivity contribution is 7.92. The van der Waals surface area contributed by atoms with E-state index < -0.39 is 10.0 Å². The van der Waals surface area contributed by atoms with Gasteiger partial charge < -0.3 is 4.74 Å². The summed E-state index contributed by atoms with van der Waals surface area (Å²) >= 11 is 6.06. The molecule has 26 heavy (non-hydrogen) atoms. The number of sulfonamides is 1. The Morgan fingerprint density at radius 1 is 0.885 bits per heavy atom. The van der Waals surface area contributed by atoms with Gasteiger partial charge in [0, 0.05) is 5.69 Å². The highest BCUT2D eigenvalue weighted by Gasteiger charge is 2.15. The zero-order valence-electron chi connectivity index (χ0n) is 14.4. The number of rotatable bonds is 5. The van der Waals surface area contributed by atoms with Crippen molar-refractivity contribution in [2.45, 2.75) is 18.7 Å². The highest BCUT2D eigenvalue weighted by atomic mass is 35.5. The lowest BCUT2D eigenvalue weighted by atomic mass is 10.1. The van der Waals surface area contributed by atoms with Crippen LogP contribution in [0.2, 0.25) is 5.02 Å². The number of benzene rings is 3. The molecule has 3 aromatic rings. The molecule has 0 fully saturated rings. The van der Waals surface area contributed by atoms with E-state index in [9.17, 15) is 8.42 Å². The second-order valence-corrected chi connectivity index (χ2v) is 8.00. The molecular formula is C20H18ClNO3S. The van der Waals surface area contributed by atoms with E-state index in [4.69, 9.17) is 16.3 Å². The van der Waals surface area contributed by atoms with Crippen LogP contribution in [-0.4, -0.2) is 8.42 Å². The molecule has 1 N–H and O–H groups in total. The van der Waals surface area contributed by atoms with Crippen molar-refractivity contribution in [3.8, 4) is 11.5 Å². The molecule has 3 rings (SSSR count). The predicted molar refractivity (Wildman–Crippen MR) is 105 cm³/mol. The molecule has 0 saturated heterocycles. The van der Waals surface area contributed by atoms with Crippen LogP contribution < -0.4 is 9.46 Å². The van der Waals surface area contributed by atoms with Crippen LogP contribution in [-0.2, 0) is 10.0 Å². The Morgan fingerprint density at radius 2 is 1.58 bits per heavy atom. The lowest BCUT2D eigenvalue weighted by Gasteiger charge is -2.11. The first-order valence-electron chi connectivity index (χ1n) is 7.98. The number of para-hydroxylation sites is 1. The molecule has 0 aromatic heterocycles. The van der Waals surface area contributed by atoms with Crippen molar-refractivity contribution in [2.75, 3.05) is 4.72 Å². The van der Waals surface area contributed by atoms with Gasteiger partial charge in [0.25, 0.3) is 10.0 Å². The van der Waals surface area contributed by atoms with Gasteiger partial charge in [-0.1, -0.05) is 29.8 Å². The quantitative estimate of drug-likeness (QED) is 0.624. The SMILES string of the molecule is Cc1ccc(NS(=O)(=O)c2ccc(Oc3ccccc3Cl)cc2)cc1C. The number of hydrogen-bond acceptors (Lipinski definition) is 3. The number of halogens is 1. The molecule has 0 amide bonds. The summed E-state index contributed by atoms with van der Waals surface area (Å²) in [6, 6.07) is 18.7. The summed E-state index contributed by atoms with van der Waals surface area (Å²) in [6.07, 6.45) is 0. The Kier molecular flexibility index (Phi) is 5.20. The molecule has 0 saturated carbocycles. The van der Waals surface area contributed by atoms with E-state index in [1.54, 1.807) is 30.3 Å². The third-order valence-corrected chi connectivity index (χ3v) is 5.67. The highest BCUT2D eigenvalue weighted by Crippen LogP contribution is 2.29. The molecule has 4 nitrogen and oxygen atoms in total. The summed E-state index contributed by atoms with van der Waals surface area (Å²) in [5.41, 5.74) is 2.66. The Morgan fingerprint density at radius 3 is 2.23 bits per heavy atom. The molecule has 0 bridgehead atoms. The van der Waals surface area contributed by atoms with Gasteiger partial charge >= 0.3 is 0 Å². The molecule has 134 valence electrons. The minimum absolute atomic E-state index is 0.155. The molecule has 0 unspecified atom stereocenters. The average molecular weight is 388 g/mol. The van der Waals surface area contributed by atoms with Crippen molar-refractivity contribution in [2.24, 2.45) is 0 Å². The maximum atomic E-state index is 12.5. The van der Waals surface area contributed by atoms with E-state index in [0.29, 0.717) is 22.2 Å². The maximum absolute atomic E-state index is 12.5. The first-order chi connectivity index (χ1) is 12.3. The minimum atomic E-state index is -3.67. The summed E-state index contributed by atoms with van der Waals surface area (Å²) in [5, 5.41) is 0.487. The summed E-state index contributed by atoms with van der Waals surface area (Å²) < 4.78 is 33.4. The lowest BCUT2D eigenvalue weighted by molar-refractivity contribution is 0.482. The van der Waals surface area contributed by atoms with E-state index in [2.05, 4.69) is 4.72 Å². The zero-order chi connectivity index (χ0) is 18.7. The van der Waals surface area contributed by atoms with Gasteiger partial charge in [-0.2, -0.15) is 0 Å². The van der Waals surface area contributed by atoms with Crippen molar-refractivity contribution < 1.29 is 13.2 Å². The third kappa shape index (κ3) is 4.18. The van der Waals surface area contributed by atoms with Crippen molar-refractivity contribution in [3.63, 3.8) is 0 Å². The first kappa shape index (κ1) is 18.3. The summed E-state index contributed by atoms with van der Waals surface area (Å²) in [5.74, 6) is 1.02. The van der Waals surface area contributed by atoms with Gasteiger partial charge in [-0.25, -0.2) is 8.42 Å². The Balaban J connectivity index is 1.78. The standard InChI is InChI=1S/C20H18ClNO3S/c1-14-7-8-16(13-15(14)2)22-26(23,24)18-11-9-17(10-12-18)25-20-6-4-3-5-19(20)21/h3-13,22H,1-2H3. The lowest BCUT2D eigenvalue weighted by Crippen LogP contribution is -2.13. The van der Waals surface area contributed by atoms with Crippen LogP contribution in [0.15, 0.2) is 71.6 Å². The molecule has 3 aromatic carbocycles. The molecule has 6 heteroatoms. The van der Waals surface area contributed by atoms with Gasteiger partial charge in [0.2, 0.25) is 0 Å². The summed E-state index contributed by atoms with van der Waals surface area (Å²) in [6.45, 7) is 3.92. The first-order valence-corrected chi connectivity index (χ1v) is 9.84. The van der Waals surface area contributed by atoms with Crippen molar-refractivity contribution in [1.29, 1.82) is 0 Å². The van der Waals surface area contributed by atoms with E-state index in [1.807, 2.05) is 38.1 Å². The Hall–Kier alpha value is -2.50. The number of ether oxygens (including phenoxy) is 1. The normalized spacial score (nSPS) is 11.2. The van der Waals surface area contributed by atoms with Crippen LogP contribution in [0, 0.1) is 13.8 Å². The number of aryl methyl sites for hydroxylation is 2. The van der Waals surface area contributed by atoms with Crippen molar-refractivity contribution in [1.82, 2.24) is 0 Å². The fraction of sp³-hybridized carbons (Fsp3) is 0.100. The van der Waals surface area contributed by atoms with Crippen molar-refractivity contribution >= 4 is 27.3 Å². The van der Waals surface area contributed by atoms with Crippen LogP contribution in [0.4, 0.5) is 5.69 Å². The predicted octanol–water partition coefficient (Wildman–Crippen LogP) is 5.55. The molecule has 0 aliphatic heterocycles. The molecular weight excluding hydrogens is 370 g/mol. The van der Waals surface area contributed by atoms with Crippen LogP contribution in [0.25, 0.3) is 0 Å². The smallest absolute Gasteiger partial charge is 0.261 e. The van der Waals surface area contributed by atoms with Crippen molar-refractivity contribution in [3.05, 3.63) is 82.9 Å². The van der Waals surface area contributed by atoms with E-state index in [0.717, 1.165) is 11.1 Å². The van der Waals surface area contributed by atoms with Gasteiger partial charge in [-0.15, -0.1) is 0 Å². The number of nitrogens with one attached hydrogen (secondary N) is 1. The second-order valence-electron chi connectivity index (χ2n) is 5.91. The van der Waals surface area contributed by atoms with Crippen LogP contribution >= 0.6 is 11.6 Å². The Bertz CT molecular complexity index is 1030. The van der Waals surface area contributed by atoms with E-state index in [-0.39, 0.29) is 4.90 Å². The van der Waals surface area contributed by atoms with Gasteiger partial charge in [0.1, 0.15) is 11.5 Å². The molecule has 0 aliphatic rings. The number of hydrogen-bond donors (Lipinski definition) is 1. The summed E-state index contributed by atoms with van der Waals surface area (Å²) in [4.78, 5) is 0.155. The van der Waals surface area contributed by atoms with Crippen LogP contribution in [0.5, 0.6) is 11.5 Å². The van der Waals surface area contributed by atoms with Gasteiger partial charge in [0.15, 0.2) is 0 Å². The van der Waals surface area contributed by atoms with Crippen LogP contribution in [0.3, 0.4) is 0 Å². The van der Waals surface area contributed by atoms with Gasteiger partial charge in [-0.05, 0) is 73.5 Å². The topological polar surface area (TPSA) is 55.4 Å². The molecule has 0 heterocycles. The van der Waals surface area contributed by atoms with Gasteiger partial charge in [0.05, 0.1) is 9.92 Å². The van der Waals surface area contributed by atoms with Crippen LogP contribution in [0.1, 0.15) is 11.1 Å². The second kappa shape index (κ2) is 7.40. The zero-order valence-corrected chi connectivity index (χ0v) is 15.9. The largest absolute Gasteiger partial charge is 0.456 e. The molecule has 0 atom stereocenters. The number of anilines is 1. The van der Waals surface area contributed by atoms with Gasteiger partial charge in [-0.3, -0.25) is 4.72 Å². The Labute approximate surface area is 158 Å². The maximum Gasteiger partial charge on any atom is 0.261 e. The van der Waals surface area contributed by atoms with E-state index in [1.165, 1.54) is 12.1 Å². The summed E-state index contributed by atoms with van der Waals surface area (Å²) in [7, 11) is -3.67. The fourth-order valence-electron chi connectivity index (χ4n) is 2.36. The molecule has 0 spiro atoms. The molecule has 0 radical (unpaired) electrons. The third-order valence-electron chi connectivity index (χ3n) is 3.96.